The maximum atomic E-state index is 13.7. The standard InChI is InChI=1S/C26H36N6O3S/c1-30-13-11-21(12-14-30)32(22-16-27-31(17-22)20-7-4-8-20)36(34,35)29-26(33)28-25-23-9-2-5-18(23)15-19-6-3-10-24(19)25/h15-17,20-21H,2-14H2,1H3,(H2,28,29,33). The van der Waals surface area contributed by atoms with Gasteiger partial charge in [0, 0.05) is 17.9 Å². The van der Waals surface area contributed by atoms with Crippen LogP contribution in [0.1, 0.15) is 73.2 Å². The van der Waals surface area contributed by atoms with E-state index in [-0.39, 0.29) is 6.04 Å². The molecule has 194 valence electrons. The number of benzene rings is 1. The number of likely N-dealkylation sites (tertiary alicyclic amines) is 1. The fourth-order valence-electron chi connectivity index (χ4n) is 6.34. The third-order valence-electron chi connectivity index (χ3n) is 8.50. The molecule has 1 aromatic carbocycles. The lowest BCUT2D eigenvalue weighted by Gasteiger charge is -2.36. The Morgan fingerprint density at radius 1 is 1.00 bits per heavy atom. The molecule has 10 heteroatoms. The molecule has 1 aliphatic heterocycles. The number of piperidine rings is 1. The van der Waals surface area contributed by atoms with E-state index < -0.39 is 16.2 Å². The van der Waals surface area contributed by atoms with Crippen LogP contribution in [0.15, 0.2) is 18.5 Å². The number of nitrogens with one attached hydrogen (secondary N) is 2. The van der Waals surface area contributed by atoms with Gasteiger partial charge in [-0.05, 0) is 113 Å². The first-order valence-corrected chi connectivity index (χ1v) is 14.9. The van der Waals surface area contributed by atoms with Crippen molar-refractivity contribution >= 4 is 27.6 Å². The molecular formula is C26H36N6O3S. The topological polar surface area (TPSA) is 99.6 Å². The van der Waals surface area contributed by atoms with Gasteiger partial charge < -0.3 is 10.2 Å². The molecule has 2 fully saturated rings. The van der Waals surface area contributed by atoms with Crippen molar-refractivity contribution in [2.45, 2.75) is 82.7 Å². The Bertz CT molecular complexity index is 1230. The van der Waals surface area contributed by atoms with Gasteiger partial charge in [-0.25, -0.2) is 13.8 Å². The number of hydrogen-bond donors (Lipinski definition) is 2. The van der Waals surface area contributed by atoms with Crippen LogP contribution in [-0.2, 0) is 35.9 Å². The predicted octanol–water partition coefficient (Wildman–Crippen LogP) is 3.55. The fraction of sp³-hybridized carbons (Fsp3) is 0.615. The molecule has 2 N–H and O–H groups in total. The molecule has 0 radical (unpaired) electrons. The Kier molecular flexibility index (Phi) is 6.19. The van der Waals surface area contributed by atoms with E-state index in [2.05, 4.69) is 26.1 Å². The molecule has 0 spiro atoms. The highest BCUT2D eigenvalue weighted by Crippen LogP contribution is 2.39. The average molecular weight is 513 g/mol. The first-order valence-electron chi connectivity index (χ1n) is 13.4. The number of rotatable bonds is 6. The van der Waals surface area contributed by atoms with E-state index in [9.17, 15) is 13.2 Å². The Morgan fingerprint density at radius 2 is 1.67 bits per heavy atom. The van der Waals surface area contributed by atoms with Gasteiger partial charge in [0.2, 0.25) is 0 Å². The molecule has 1 aromatic heterocycles. The number of amides is 2. The average Bonchev–Trinajstić information content (AvgIpc) is 3.54. The predicted molar refractivity (Wildman–Crippen MR) is 140 cm³/mol. The summed E-state index contributed by atoms with van der Waals surface area (Å²) in [6.07, 6.45) is 14.2. The van der Waals surface area contributed by atoms with Gasteiger partial charge in [-0.2, -0.15) is 13.5 Å². The molecular weight excluding hydrogens is 476 g/mol. The number of hydrogen-bond acceptors (Lipinski definition) is 5. The van der Waals surface area contributed by atoms with Crippen molar-refractivity contribution in [3.05, 3.63) is 40.7 Å². The summed E-state index contributed by atoms with van der Waals surface area (Å²) < 4.78 is 33.1. The van der Waals surface area contributed by atoms with Crippen LogP contribution >= 0.6 is 0 Å². The van der Waals surface area contributed by atoms with Gasteiger partial charge in [-0.1, -0.05) is 6.07 Å². The van der Waals surface area contributed by atoms with Crippen molar-refractivity contribution in [3.8, 4) is 0 Å². The molecule has 3 aliphatic carbocycles. The number of carbonyl (C=O) groups excluding carboxylic acids is 1. The normalized spacial score (nSPS) is 20.6. The van der Waals surface area contributed by atoms with Gasteiger partial charge in [0.25, 0.3) is 0 Å². The molecule has 36 heavy (non-hydrogen) atoms. The van der Waals surface area contributed by atoms with Gasteiger partial charge in [0.05, 0.1) is 17.9 Å². The number of anilines is 2. The van der Waals surface area contributed by atoms with Gasteiger partial charge >= 0.3 is 16.2 Å². The summed E-state index contributed by atoms with van der Waals surface area (Å²) in [7, 11) is -2.09. The fourth-order valence-corrected chi connectivity index (χ4v) is 7.70. The second-order valence-corrected chi connectivity index (χ2v) is 12.4. The monoisotopic (exact) mass is 512 g/mol. The minimum absolute atomic E-state index is 0.226. The summed E-state index contributed by atoms with van der Waals surface area (Å²) in [5.41, 5.74) is 6.32. The van der Waals surface area contributed by atoms with E-state index in [1.165, 1.54) is 33.0 Å². The number of aromatic nitrogens is 2. The van der Waals surface area contributed by atoms with Crippen LogP contribution in [0, 0.1) is 0 Å². The second kappa shape index (κ2) is 9.37. The zero-order chi connectivity index (χ0) is 24.9. The lowest BCUT2D eigenvalue weighted by atomic mass is 9.93. The summed E-state index contributed by atoms with van der Waals surface area (Å²) in [6, 6.07) is 1.72. The zero-order valence-electron chi connectivity index (χ0n) is 21.0. The third kappa shape index (κ3) is 4.38. The lowest BCUT2D eigenvalue weighted by molar-refractivity contribution is 0.254. The summed E-state index contributed by atoms with van der Waals surface area (Å²) in [5, 5.41) is 7.45. The van der Waals surface area contributed by atoms with Gasteiger partial charge in [-0.15, -0.1) is 0 Å². The first-order chi connectivity index (χ1) is 17.4. The molecule has 0 bridgehead atoms. The van der Waals surface area contributed by atoms with Crippen LogP contribution in [-0.4, -0.2) is 55.3 Å². The quantitative estimate of drug-likeness (QED) is 0.617. The van der Waals surface area contributed by atoms with Gasteiger partial charge in [-0.3, -0.25) is 4.68 Å². The Balaban J connectivity index is 1.26. The molecule has 4 aliphatic rings. The van der Waals surface area contributed by atoms with E-state index in [0.29, 0.717) is 24.6 Å². The Morgan fingerprint density at radius 3 is 2.28 bits per heavy atom. The largest absolute Gasteiger partial charge is 0.334 e. The minimum atomic E-state index is -4.14. The zero-order valence-corrected chi connectivity index (χ0v) is 21.8. The number of nitrogens with zero attached hydrogens (tertiary/aromatic N) is 4. The molecule has 1 saturated heterocycles. The summed E-state index contributed by atoms with van der Waals surface area (Å²) >= 11 is 0. The van der Waals surface area contributed by atoms with Crippen LogP contribution in [0.4, 0.5) is 16.2 Å². The minimum Gasteiger partial charge on any atom is -0.307 e. The number of fused-ring (bicyclic) bond motifs is 2. The van der Waals surface area contributed by atoms with E-state index >= 15 is 0 Å². The van der Waals surface area contributed by atoms with Crippen LogP contribution in [0.25, 0.3) is 0 Å². The highest BCUT2D eigenvalue weighted by Gasteiger charge is 2.35. The summed E-state index contributed by atoms with van der Waals surface area (Å²) in [4.78, 5) is 15.4. The molecule has 6 rings (SSSR count). The molecule has 0 unspecified atom stereocenters. The van der Waals surface area contributed by atoms with E-state index in [1.54, 1.807) is 6.20 Å². The van der Waals surface area contributed by atoms with Crippen molar-refractivity contribution in [2.24, 2.45) is 0 Å². The third-order valence-corrected chi connectivity index (χ3v) is 9.97. The molecule has 1 saturated carbocycles. The smallest absolute Gasteiger partial charge is 0.307 e. The van der Waals surface area contributed by atoms with Crippen molar-refractivity contribution in [1.29, 1.82) is 0 Å². The first kappa shape index (κ1) is 23.8. The van der Waals surface area contributed by atoms with E-state index in [4.69, 9.17) is 0 Å². The maximum Gasteiger partial charge on any atom is 0.334 e. The number of urea groups is 1. The van der Waals surface area contributed by atoms with Crippen molar-refractivity contribution in [2.75, 3.05) is 29.8 Å². The van der Waals surface area contributed by atoms with Crippen LogP contribution in [0.5, 0.6) is 0 Å². The molecule has 0 atom stereocenters. The SMILES string of the molecule is CN1CCC(N(c2cnn(C3CCC3)c2)S(=O)(=O)NC(=O)Nc2c3c(cc4c2CCC4)CCC3)CC1. The number of aryl methyl sites for hydroxylation is 2. The number of carbonyl (C=O) groups is 1. The van der Waals surface area contributed by atoms with Gasteiger partial charge in [0.15, 0.2) is 0 Å². The summed E-state index contributed by atoms with van der Waals surface area (Å²) in [5.74, 6) is 0. The van der Waals surface area contributed by atoms with Crippen LogP contribution in [0.3, 0.4) is 0 Å². The van der Waals surface area contributed by atoms with Crippen molar-refractivity contribution in [1.82, 2.24) is 19.4 Å². The van der Waals surface area contributed by atoms with Crippen LogP contribution in [0.2, 0.25) is 0 Å². The van der Waals surface area contributed by atoms with Crippen molar-refractivity contribution < 1.29 is 13.2 Å². The Hall–Kier alpha value is -2.59. The molecule has 9 nitrogen and oxygen atoms in total. The second-order valence-electron chi connectivity index (χ2n) is 10.9. The summed E-state index contributed by atoms with van der Waals surface area (Å²) in [6.45, 7) is 1.61. The highest BCUT2D eigenvalue weighted by atomic mass is 32.2. The maximum absolute atomic E-state index is 13.7. The van der Waals surface area contributed by atoms with E-state index in [0.717, 1.165) is 70.1 Å². The van der Waals surface area contributed by atoms with Crippen molar-refractivity contribution in [3.63, 3.8) is 0 Å². The van der Waals surface area contributed by atoms with E-state index in [1.807, 2.05) is 17.9 Å². The molecule has 2 amide bonds. The lowest BCUT2D eigenvalue weighted by Crippen LogP contribution is -2.52. The molecule has 2 heterocycles. The highest BCUT2D eigenvalue weighted by molar-refractivity contribution is 7.91. The molecule has 2 aromatic rings. The Labute approximate surface area is 213 Å². The van der Waals surface area contributed by atoms with Crippen LogP contribution < -0.4 is 14.3 Å². The van der Waals surface area contributed by atoms with Gasteiger partial charge in [0.1, 0.15) is 0 Å².